The lowest BCUT2D eigenvalue weighted by atomic mass is 10.1. The molecule has 0 aliphatic rings. The standard InChI is InChI=1S/C24H21Cl2N3O2/c1-4-31-20-10-8-19(9-11-20)29-15(2)12-17(16(29)3)13-18(14-27)24(30)28-22-7-5-6-21(25)23(22)26/h5-13H,4H2,1-3H3,(H,28,30)/b18-13-. The number of benzene rings is 2. The zero-order chi connectivity index (χ0) is 22.5. The Morgan fingerprint density at radius 2 is 1.90 bits per heavy atom. The van der Waals surface area contributed by atoms with Crippen molar-refractivity contribution in [2.45, 2.75) is 20.8 Å². The predicted octanol–water partition coefficient (Wildman–Crippen LogP) is 6.35. The molecule has 2 aromatic carbocycles. The minimum absolute atomic E-state index is 0.0389. The van der Waals surface area contributed by atoms with E-state index in [0.717, 1.165) is 28.4 Å². The second kappa shape index (κ2) is 9.74. The third-order valence-corrected chi connectivity index (χ3v) is 5.56. The van der Waals surface area contributed by atoms with Crippen molar-refractivity contribution >= 4 is 40.9 Å². The molecule has 0 unspecified atom stereocenters. The Labute approximate surface area is 191 Å². The van der Waals surface area contributed by atoms with Gasteiger partial charge in [0.2, 0.25) is 0 Å². The zero-order valence-electron chi connectivity index (χ0n) is 17.4. The summed E-state index contributed by atoms with van der Waals surface area (Å²) in [6.07, 6.45) is 1.57. The van der Waals surface area contributed by atoms with E-state index in [4.69, 9.17) is 27.9 Å². The number of carbonyl (C=O) groups excluding carboxylic acids is 1. The number of aromatic nitrogens is 1. The molecule has 1 amide bonds. The fourth-order valence-electron chi connectivity index (χ4n) is 3.28. The average Bonchev–Trinajstić information content (AvgIpc) is 3.03. The number of aryl methyl sites for hydroxylation is 1. The van der Waals surface area contributed by atoms with Crippen LogP contribution in [0, 0.1) is 25.2 Å². The number of amides is 1. The van der Waals surface area contributed by atoms with Gasteiger partial charge in [0.25, 0.3) is 5.91 Å². The van der Waals surface area contributed by atoms with E-state index < -0.39 is 5.91 Å². The van der Waals surface area contributed by atoms with E-state index in [2.05, 4.69) is 9.88 Å². The van der Waals surface area contributed by atoms with Crippen molar-refractivity contribution in [3.63, 3.8) is 0 Å². The summed E-state index contributed by atoms with van der Waals surface area (Å²) in [7, 11) is 0. The molecule has 0 aliphatic heterocycles. The van der Waals surface area contributed by atoms with Gasteiger partial charge in [-0.3, -0.25) is 4.79 Å². The first-order valence-electron chi connectivity index (χ1n) is 9.65. The van der Waals surface area contributed by atoms with E-state index in [9.17, 15) is 10.1 Å². The molecular weight excluding hydrogens is 433 g/mol. The molecule has 0 radical (unpaired) electrons. The maximum absolute atomic E-state index is 12.7. The van der Waals surface area contributed by atoms with Gasteiger partial charge in [0.15, 0.2) is 0 Å². The molecule has 0 atom stereocenters. The molecule has 0 saturated carbocycles. The Morgan fingerprint density at radius 3 is 2.55 bits per heavy atom. The van der Waals surface area contributed by atoms with Crippen molar-refractivity contribution in [1.82, 2.24) is 4.57 Å². The summed E-state index contributed by atoms with van der Waals surface area (Å²) < 4.78 is 7.56. The van der Waals surface area contributed by atoms with E-state index in [0.29, 0.717) is 17.3 Å². The Hall–Kier alpha value is -3.20. The molecule has 7 heteroatoms. The number of halogens is 2. The minimum atomic E-state index is -0.558. The van der Waals surface area contributed by atoms with Gasteiger partial charge < -0.3 is 14.6 Å². The lowest BCUT2D eigenvalue weighted by Crippen LogP contribution is -2.13. The zero-order valence-corrected chi connectivity index (χ0v) is 18.9. The van der Waals surface area contributed by atoms with E-state index >= 15 is 0 Å². The number of nitrogens with zero attached hydrogens (tertiary/aromatic N) is 2. The van der Waals surface area contributed by atoms with Crippen LogP contribution in [0.1, 0.15) is 23.9 Å². The lowest BCUT2D eigenvalue weighted by Gasteiger charge is -2.11. The maximum Gasteiger partial charge on any atom is 0.266 e. The smallest absolute Gasteiger partial charge is 0.266 e. The van der Waals surface area contributed by atoms with E-state index in [1.54, 1.807) is 24.3 Å². The normalized spacial score (nSPS) is 11.2. The molecule has 3 rings (SSSR count). The third kappa shape index (κ3) is 4.93. The maximum atomic E-state index is 12.7. The molecule has 1 heterocycles. The number of nitriles is 1. The predicted molar refractivity (Wildman–Crippen MR) is 125 cm³/mol. The Kier molecular flexibility index (Phi) is 7.06. The molecule has 0 fully saturated rings. The highest BCUT2D eigenvalue weighted by Gasteiger charge is 2.15. The summed E-state index contributed by atoms with van der Waals surface area (Å²) in [4.78, 5) is 12.7. The van der Waals surface area contributed by atoms with Gasteiger partial charge in [-0.2, -0.15) is 5.26 Å². The van der Waals surface area contributed by atoms with Gasteiger partial charge in [-0.05, 0) is 74.9 Å². The molecule has 5 nitrogen and oxygen atoms in total. The third-order valence-electron chi connectivity index (χ3n) is 4.74. The number of hydrogen-bond acceptors (Lipinski definition) is 3. The summed E-state index contributed by atoms with van der Waals surface area (Å²) in [5.41, 5.74) is 3.93. The molecule has 31 heavy (non-hydrogen) atoms. The van der Waals surface area contributed by atoms with Crippen molar-refractivity contribution in [3.05, 3.63) is 81.1 Å². The van der Waals surface area contributed by atoms with Crippen LogP contribution < -0.4 is 10.1 Å². The number of rotatable bonds is 6. The van der Waals surface area contributed by atoms with Crippen LogP contribution in [0.4, 0.5) is 5.69 Å². The quantitative estimate of drug-likeness (QED) is 0.349. The highest BCUT2D eigenvalue weighted by Crippen LogP contribution is 2.30. The van der Waals surface area contributed by atoms with Crippen molar-refractivity contribution < 1.29 is 9.53 Å². The van der Waals surface area contributed by atoms with Crippen LogP contribution in [0.2, 0.25) is 10.0 Å². The van der Waals surface area contributed by atoms with Gasteiger partial charge in [0.05, 0.1) is 22.3 Å². The van der Waals surface area contributed by atoms with E-state index in [1.165, 1.54) is 0 Å². The van der Waals surface area contributed by atoms with Gasteiger partial charge in [-0.15, -0.1) is 0 Å². The number of hydrogen-bond donors (Lipinski definition) is 1. The van der Waals surface area contributed by atoms with Gasteiger partial charge >= 0.3 is 0 Å². The summed E-state index contributed by atoms with van der Waals surface area (Å²) in [6.45, 7) is 6.46. The first-order valence-corrected chi connectivity index (χ1v) is 10.4. The highest BCUT2D eigenvalue weighted by molar-refractivity contribution is 6.44. The van der Waals surface area contributed by atoms with Crippen molar-refractivity contribution in [3.8, 4) is 17.5 Å². The highest BCUT2D eigenvalue weighted by atomic mass is 35.5. The fourth-order valence-corrected chi connectivity index (χ4v) is 3.63. The number of anilines is 1. The summed E-state index contributed by atoms with van der Waals surface area (Å²) in [5, 5.41) is 12.8. The number of carbonyl (C=O) groups is 1. The topological polar surface area (TPSA) is 67.0 Å². The lowest BCUT2D eigenvalue weighted by molar-refractivity contribution is -0.112. The van der Waals surface area contributed by atoms with E-state index in [1.807, 2.05) is 57.2 Å². The van der Waals surface area contributed by atoms with E-state index in [-0.39, 0.29) is 10.6 Å². The van der Waals surface area contributed by atoms with Gasteiger partial charge in [0.1, 0.15) is 17.4 Å². The molecular formula is C24H21Cl2N3O2. The van der Waals surface area contributed by atoms with Crippen molar-refractivity contribution in [2.75, 3.05) is 11.9 Å². The van der Waals surface area contributed by atoms with Crippen LogP contribution in [-0.2, 0) is 4.79 Å². The van der Waals surface area contributed by atoms with Crippen molar-refractivity contribution in [2.24, 2.45) is 0 Å². The van der Waals surface area contributed by atoms with Crippen LogP contribution in [0.3, 0.4) is 0 Å². The summed E-state index contributed by atoms with van der Waals surface area (Å²) in [6, 6.07) is 16.6. The largest absolute Gasteiger partial charge is 0.494 e. The Bertz CT molecular complexity index is 1190. The molecule has 0 spiro atoms. The van der Waals surface area contributed by atoms with Crippen LogP contribution >= 0.6 is 23.2 Å². The molecule has 3 aromatic rings. The average molecular weight is 454 g/mol. The Balaban J connectivity index is 1.91. The fraction of sp³-hybridized carbons (Fsp3) is 0.167. The van der Waals surface area contributed by atoms with Crippen LogP contribution in [-0.4, -0.2) is 17.1 Å². The number of ether oxygens (including phenoxy) is 1. The van der Waals surface area contributed by atoms with Crippen LogP contribution in [0.15, 0.2) is 54.1 Å². The molecule has 0 saturated heterocycles. The monoisotopic (exact) mass is 453 g/mol. The molecule has 1 N–H and O–H groups in total. The molecule has 1 aromatic heterocycles. The van der Waals surface area contributed by atoms with Gasteiger partial charge in [-0.1, -0.05) is 29.3 Å². The minimum Gasteiger partial charge on any atom is -0.494 e. The molecule has 0 bridgehead atoms. The first-order chi connectivity index (χ1) is 14.8. The van der Waals surface area contributed by atoms with Crippen molar-refractivity contribution in [1.29, 1.82) is 5.26 Å². The molecule has 0 aliphatic carbocycles. The molecule has 158 valence electrons. The van der Waals surface area contributed by atoms with Gasteiger partial charge in [-0.25, -0.2) is 0 Å². The second-order valence-electron chi connectivity index (χ2n) is 6.81. The summed E-state index contributed by atoms with van der Waals surface area (Å²) >= 11 is 12.1. The van der Waals surface area contributed by atoms with Crippen LogP contribution in [0.5, 0.6) is 5.75 Å². The second-order valence-corrected chi connectivity index (χ2v) is 7.60. The first kappa shape index (κ1) is 22.5. The van der Waals surface area contributed by atoms with Gasteiger partial charge in [0, 0.05) is 17.1 Å². The summed E-state index contributed by atoms with van der Waals surface area (Å²) in [5.74, 6) is 0.245. The van der Waals surface area contributed by atoms with Crippen LogP contribution in [0.25, 0.3) is 11.8 Å². The Morgan fingerprint density at radius 1 is 1.19 bits per heavy atom. The SMILES string of the molecule is CCOc1ccc(-n2c(C)cc(/C=C(/C#N)C(=O)Nc3cccc(Cl)c3Cl)c2C)cc1. The number of nitrogens with one attached hydrogen (secondary N) is 1.